The Balaban J connectivity index is 2.14. The zero-order valence-electron chi connectivity index (χ0n) is 14.0. The Morgan fingerprint density at radius 3 is 2.76 bits per heavy atom. The van der Waals surface area contributed by atoms with Gasteiger partial charge in [0, 0.05) is 12.7 Å². The lowest BCUT2D eigenvalue weighted by atomic mass is 10.2. The summed E-state index contributed by atoms with van der Waals surface area (Å²) in [6.07, 6.45) is 1.58. The molecule has 0 atom stereocenters. The third-order valence-electron chi connectivity index (χ3n) is 3.25. The van der Waals surface area contributed by atoms with Crippen LogP contribution >= 0.6 is 11.8 Å². The predicted octanol–water partition coefficient (Wildman–Crippen LogP) is 2.31. The zero-order chi connectivity index (χ0) is 18.2. The average molecular weight is 365 g/mol. The first-order valence-electron chi connectivity index (χ1n) is 7.68. The van der Waals surface area contributed by atoms with Crippen molar-refractivity contribution in [3.05, 3.63) is 34.7 Å². The summed E-state index contributed by atoms with van der Waals surface area (Å²) >= 11 is 0.864. The highest BCUT2D eigenvalue weighted by molar-refractivity contribution is 8.18. The van der Waals surface area contributed by atoms with Crippen LogP contribution in [0.25, 0.3) is 6.08 Å². The van der Waals surface area contributed by atoms with E-state index in [1.54, 1.807) is 37.3 Å². The van der Waals surface area contributed by atoms with Crippen molar-refractivity contribution in [2.24, 2.45) is 0 Å². The maximum absolute atomic E-state index is 12.3. The Morgan fingerprint density at radius 1 is 1.28 bits per heavy atom. The SMILES string of the molecule is CCOC(=O)COc1ccccc1/C=C1/SC(=O)N(CCOC)C1=O. The smallest absolute Gasteiger partial charge is 0.344 e. The van der Waals surface area contributed by atoms with Crippen LogP contribution in [0.5, 0.6) is 5.75 Å². The molecule has 0 aliphatic carbocycles. The van der Waals surface area contributed by atoms with Crippen molar-refractivity contribution in [1.29, 1.82) is 0 Å². The first-order chi connectivity index (χ1) is 12.1. The molecular formula is C17H19NO6S. The molecular weight excluding hydrogens is 346 g/mol. The number of imide groups is 1. The maximum Gasteiger partial charge on any atom is 0.344 e. The van der Waals surface area contributed by atoms with Gasteiger partial charge in [-0.3, -0.25) is 14.5 Å². The van der Waals surface area contributed by atoms with Gasteiger partial charge in [-0.15, -0.1) is 0 Å². The number of ether oxygens (including phenoxy) is 3. The summed E-state index contributed by atoms with van der Waals surface area (Å²) in [6.45, 7) is 2.25. The number of hydrogen-bond donors (Lipinski definition) is 0. The molecule has 1 aliphatic heterocycles. The molecule has 0 radical (unpaired) electrons. The first-order valence-corrected chi connectivity index (χ1v) is 8.50. The second kappa shape index (κ2) is 9.24. The summed E-state index contributed by atoms with van der Waals surface area (Å²) in [5.74, 6) is -0.413. The number of para-hydroxylation sites is 1. The van der Waals surface area contributed by atoms with Gasteiger partial charge in [0.2, 0.25) is 0 Å². The minimum Gasteiger partial charge on any atom is -0.481 e. The van der Waals surface area contributed by atoms with Crippen LogP contribution < -0.4 is 4.74 Å². The maximum atomic E-state index is 12.3. The first kappa shape index (κ1) is 19.0. The number of hydrogen-bond acceptors (Lipinski definition) is 7. The van der Waals surface area contributed by atoms with Gasteiger partial charge in [-0.1, -0.05) is 18.2 Å². The van der Waals surface area contributed by atoms with Crippen molar-refractivity contribution >= 4 is 35.0 Å². The van der Waals surface area contributed by atoms with Gasteiger partial charge in [-0.25, -0.2) is 4.79 Å². The molecule has 134 valence electrons. The normalized spacial score (nSPS) is 15.8. The van der Waals surface area contributed by atoms with Crippen LogP contribution in [0.2, 0.25) is 0 Å². The lowest BCUT2D eigenvalue weighted by Crippen LogP contribution is -2.31. The molecule has 0 N–H and O–H groups in total. The Labute approximate surface area is 149 Å². The molecule has 1 saturated heterocycles. The van der Waals surface area contributed by atoms with Crippen molar-refractivity contribution < 1.29 is 28.6 Å². The highest BCUT2D eigenvalue weighted by Gasteiger charge is 2.34. The molecule has 0 aromatic heterocycles. The molecule has 7 nitrogen and oxygen atoms in total. The van der Waals surface area contributed by atoms with Gasteiger partial charge in [0.25, 0.3) is 11.1 Å². The lowest BCUT2D eigenvalue weighted by molar-refractivity contribution is -0.145. The minimum atomic E-state index is -0.475. The topological polar surface area (TPSA) is 82.1 Å². The van der Waals surface area contributed by atoms with Gasteiger partial charge in [-0.2, -0.15) is 0 Å². The number of esters is 1. The Bertz CT molecular complexity index is 687. The molecule has 1 heterocycles. The largest absolute Gasteiger partial charge is 0.481 e. The monoisotopic (exact) mass is 365 g/mol. The van der Waals surface area contributed by atoms with Gasteiger partial charge in [0.05, 0.1) is 24.7 Å². The number of nitrogens with zero attached hydrogens (tertiary/aromatic N) is 1. The number of carbonyl (C=O) groups excluding carboxylic acids is 3. The lowest BCUT2D eigenvalue weighted by Gasteiger charge is -2.11. The number of amides is 2. The molecule has 2 amide bonds. The highest BCUT2D eigenvalue weighted by atomic mass is 32.2. The Morgan fingerprint density at radius 2 is 2.04 bits per heavy atom. The van der Waals surface area contributed by atoms with E-state index in [1.165, 1.54) is 7.11 Å². The second-order valence-corrected chi connectivity index (χ2v) is 5.95. The van der Waals surface area contributed by atoms with E-state index < -0.39 is 5.97 Å². The second-order valence-electron chi connectivity index (χ2n) is 4.96. The van der Waals surface area contributed by atoms with Crippen LogP contribution in [0.15, 0.2) is 29.2 Å². The number of methoxy groups -OCH3 is 1. The third kappa shape index (κ3) is 5.07. The average Bonchev–Trinajstić information content (AvgIpc) is 2.86. The summed E-state index contributed by atoms with van der Waals surface area (Å²) in [5.41, 5.74) is 0.601. The molecule has 0 unspecified atom stereocenters. The molecule has 1 aromatic rings. The fourth-order valence-corrected chi connectivity index (χ4v) is 2.94. The summed E-state index contributed by atoms with van der Waals surface area (Å²) in [4.78, 5) is 37.1. The fraction of sp³-hybridized carbons (Fsp3) is 0.353. The number of carbonyl (C=O) groups is 3. The molecule has 0 spiro atoms. The van der Waals surface area contributed by atoms with Gasteiger partial charge in [0.15, 0.2) is 6.61 Å². The minimum absolute atomic E-state index is 0.208. The van der Waals surface area contributed by atoms with Crippen LogP contribution in [-0.4, -0.2) is 55.5 Å². The quantitative estimate of drug-likeness (QED) is 0.516. The molecule has 1 aliphatic rings. The summed E-state index contributed by atoms with van der Waals surface area (Å²) in [5, 5.41) is -0.335. The van der Waals surface area contributed by atoms with Crippen LogP contribution in [0.1, 0.15) is 12.5 Å². The van der Waals surface area contributed by atoms with E-state index in [-0.39, 0.29) is 37.5 Å². The van der Waals surface area contributed by atoms with Gasteiger partial charge < -0.3 is 14.2 Å². The molecule has 8 heteroatoms. The van der Waals surface area contributed by atoms with E-state index in [0.717, 1.165) is 16.7 Å². The standard InChI is InChI=1S/C17H19NO6S/c1-3-23-15(19)11-24-13-7-5-4-6-12(13)10-14-16(20)18(8-9-22-2)17(21)25-14/h4-7,10H,3,8-9,11H2,1-2H3/b14-10+. The van der Waals surface area contributed by atoms with E-state index in [0.29, 0.717) is 16.2 Å². The fourth-order valence-electron chi connectivity index (χ4n) is 2.09. The molecule has 1 aromatic carbocycles. The molecule has 25 heavy (non-hydrogen) atoms. The Kier molecular flexibility index (Phi) is 7.03. The van der Waals surface area contributed by atoms with Crippen molar-refractivity contribution in [2.45, 2.75) is 6.92 Å². The zero-order valence-corrected chi connectivity index (χ0v) is 14.8. The predicted molar refractivity (Wildman–Crippen MR) is 93.1 cm³/mol. The summed E-state index contributed by atoms with van der Waals surface area (Å²) in [6, 6.07) is 6.95. The van der Waals surface area contributed by atoms with E-state index in [1.807, 2.05) is 0 Å². The Hall–Kier alpha value is -2.32. The third-order valence-corrected chi connectivity index (χ3v) is 4.16. The van der Waals surface area contributed by atoms with Gasteiger partial charge in [0.1, 0.15) is 5.75 Å². The number of benzene rings is 1. The van der Waals surface area contributed by atoms with Crippen LogP contribution in [0.4, 0.5) is 4.79 Å². The number of rotatable bonds is 8. The van der Waals surface area contributed by atoms with Crippen molar-refractivity contribution in [1.82, 2.24) is 4.90 Å². The van der Waals surface area contributed by atoms with Crippen LogP contribution in [0.3, 0.4) is 0 Å². The molecule has 1 fully saturated rings. The van der Waals surface area contributed by atoms with Crippen molar-refractivity contribution in [3.8, 4) is 5.75 Å². The van der Waals surface area contributed by atoms with E-state index in [4.69, 9.17) is 14.2 Å². The van der Waals surface area contributed by atoms with Crippen LogP contribution in [-0.2, 0) is 19.1 Å². The van der Waals surface area contributed by atoms with Crippen LogP contribution in [0, 0.1) is 0 Å². The van der Waals surface area contributed by atoms with E-state index >= 15 is 0 Å². The van der Waals surface area contributed by atoms with Gasteiger partial charge in [-0.05, 0) is 30.8 Å². The molecule has 2 rings (SSSR count). The van der Waals surface area contributed by atoms with Crippen molar-refractivity contribution in [2.75, 3.05) is 33.5 Å². The molecule has 0 bridgehead atoms. The van der Waals surface area contributed by atoms with Gasteiger partial charge >= 0.3 is 5.97 Å². The highest BCUT2D eigenvalue weighted by Crippen LogP contribution is 2.33. The number of thioether (sulfide) groups is 1. The van der Waals surface area contributed by atoms with Crippen molar-refractivity contribution in [3.63, 3.8) is 0 Å². The van der Waals surface area contributed by atoms with E-state index in [9.17, 15) is 14.4 Å². The molecule has 0 saturated carbocycles. The van der Waals surface area contributed by atoms with E-state index in [2.05, 4.69) is 0 Å². The summed E-state index contributed by atoms with van der Waals surface area (Å²) < 4.78 is 15.2. The summed E-state index contributed by atoms with van der Waals surface area (Å²) in [7, 11) is 1.51.